The van der Waals surface area contributed by atoms with Crippen molar-refractivity contribution in [2.75, 3.05) is 23.6 Å². The number of pyridine rings is 1. The molecule has 23 heavy (non-hydrogen) atoms. The van der Waals surface area contributed by atoms with Crippen molar-refractivity contribution < 1.29 is 4.79 Å². The van der Waals surface area contributed by atoms with Gasteiger partial charge in [-0.15, -0.1) is 0 Å². The molecule has 0 spiro atoms. The normalized spacial score (nSPS) is 11.7. The molecule has 2 aromatic rings. The van der Waals surface area contributed by atoms with E-state index in [4.69, 9.17) is 0 Å². The maximum Gasteiger partial charge on any atom is 0.245 e. The van der Waals surface area contributed by atoms with Crippen LogP contribution in [0, 0.1) is 12.8 Å². The van der Waals surface area contributed by atoms with Crippen LogP contribution < -0.4 is 5.01 Å². The van der Waals surface area contributed by atoms with Crippen LogP contribution in [0.5, 0.6) is 0 Å². The van der Waals surface area contributed by atoms with Gasteiger partial charge in [0.25, 0.3) is 0 Å². The number of aryl methyl sites for hydroxylation is 1. The molecule has 0 radical (unpaired) electrons. The Morgan fingerprint density at radius 3 is 2.78 bits per heavy atom. The Balaban J connectivity index is 0.00000264. The van der Waals surface area contributed by atoms with Crippen molar-refractivity contribution in [1.29, 1.82) is 0 Å². The zero-order valence-electron chi connectivity index (χ0n) is 13.5. The third-order valence-electron chi connectivity index (χ3n) is 3.47. The van der Waals surface area contributed by atoms with Gasteiger partial charge >= 0.3 is 0 Å². The lowest BCUT2D eigenvalue weighted by Crippen LogP contribution is -2.44. The summed E-state index contributed by atoms with van der Waals surface area (Å²) in [5.74, 6) is 1.72. The highest BCUT2D eigenvalue weighted by Gasteiger charge is 2.22. The highest BCUT2D eigenvalue weighted by atomic mass is 32.2. The summed E-state index contributed by atoms with van der Waals surface area (Å²) >= 11 is 1.69. The van der Waals surface area contributed by atoms with Crippen LogP contribution in [0.2, 0.25) is 0 Å². The third kappa shape index (κ3) is 4.34. The maximum atomic E-state index is 12.6. The number of nitrogens with zero attached hydrogens (tertiary/aromatic N) is 4. The van der Waals surface area contributed by atoms with E-state index in [1.54, 1.807) is 29.2 Å². The second-order valence-corrected chi connectivity index (χ2v) is 6.08. The first-order chi connectivity index (χ1) is 10.6. The van der Waals surface area contributed by atoms with E-state index in [1.165, 1.54) is 0 Å². The SMILES string of the molecule is C.CCN(C(=O)C(C)CSC)n1cc(-c2cccnc2)nc1C. The van der Waals surface area contributed by atoms with Crippen molar-refractivity contribution >= 4 is 17.7 Å². The first kappa shape index (κ1) is 19.2. The summed E-state index contributed by atoms with van der Waals surface area (Å²) in [7, 11) is 0. The standard InChI is InChI=1S/C16H22N4OS.CH4/c1-5-19(16(21)12(2)11-22-4)20-10-15(18-13(20)3)14-7-6-8-17-9-14;/h6-10,12H,5,11H2,1-4H3;1H4. The van der Waals surface area contributed by atoms with E-state index in [1.807, 2.05) is 50.0 Å². The minimum absolute atomic E-state index is 0. The lowest BCUT2D eigenvalue weighted by Gasteiger charge is -2.25. The van der Waals surface area contributed by atoms with Crippen LogP contribution in [0.4, 0.5) is 0 Å². The van der Waals surface area contributed by atoms with Crippen molar-refractivity contribution in [1.82, 2.24) is 14.6 Å². The molecule has 2 heterocycles. The van der Waals surface area contributed by atoms with E-state index in [9.17, 15) is 4.79 Å². The number of aromatic nitrogens is 3. The molecule has 6 heteroatoms. The molecule has 0 N–H and O–H groups in total. The third-order valence-corrected chi connectivity index (χ3v) is 4.30. The molecule has 0 aliphatic carbocycles. The van der Waals surface area contributed by atoms with Crippen molar-refractivity contribution in [2.24, 2.45) is 5.92 Å². The molecule has 0 aliphatic rings. The van der Waals surface area contributed by atoms with Crippen LogP contribution in [-0.2, 0) is 4.79 Å². The van der Waals surface area contributed by atoms with Crippen molar-refractivity contribution in [2.45, 2.75) is 28.2 Å². The smallest absolute Gasteiger partial charge is 0.245 e. The fraction of sp³-hybridized carbons (Fsp3) is 0.471. The average molecular weight is 334 g/mol. The van der Waals surface area contributed by atoms with E-state index < -0.39 is 0 Å². The Morgan fingerprint density at radius 1 is 1.48 bits per heavy atom. The molecule has 5 nitrogen and oxygen atoms in total. The number of carbonyl (C=O) groups is 1. The number of rotatable bonds is 6. The van der Waals surface area contributed by atoms with Crippen molar-refractivity contribution in [3.63, 3.8) is 0 Å². The summed E-state index contributed by atoms with van der Waals surface area (Å²) in [6.45, 7) is 6.47. The molecule has 0 fully saturated rings. The fourth-order valence-electron chi connectivity index (χ4n) is 2.35. The highest BCUT2D eigenvalue weighted by molar-refractivity contribution is 7.98. The molecule has 1 atom stereocenters. The summed E-state index contributed by atoms with van der Waals surface area (Å²) in [5, 5.41) is 1.75. The van der Waals surface area contributed by atoms with Crippen LogP contribution in [0.3, 0.4) is 0 Å². The molecule has 1 unspecified atom stereocenters. The molecule has 0 aliphatic heterocycles. The van der Waals surface area contributed by atoms with E-state index >= 15 is 0 Å². The zero-order chi connectivity index (χ0) is 16.1. The summed E-state index contributed by atoms with van der Waals surface area (Å²) in [6, 6.07) is 3.85. The van der Waals surface area contributed by atoms with Gasteiger partial charge in [-0.05, 0) is 32.2 Å². The van der Waals surface area contributed by atoms with Crippen LogP contribution in [0.25, 0.3) is 11.3 Å². The molecule has 2 aromatic heterocycles. The molecule has 0 aromatic carbocycles. The van der Waals surface area contributed by atoms with Gasteiger partial charge < -0.3 is 0 Å². The molecular weight excluding hydrogens is 308 g/mol. The zero-order valence-corrected chi connectivity index (χ0v) is 14.3. The Kier molecular flexibility index (Phi) is 7.29. The first-order valence-electron chi connectivity index (χ1n) is 7.35. The monoisotopic (exact) mass is 334 g/mol. The van der Waals surface area contributed by atoms with E-state index in [2.05, 4.69) is 9.97 Å². The minimum Gasteiger partial charge on any atom is -0.273 e. The highest BCUT2D eigenvalue weighted by Crippen LogP contribution is 2.18. The number of hydrogen-bond acceptors (Lipinski definition) is 4. The maximum absolute atomic E-state index is 12.6. The van der Waals surface area contributed by atoms with Crippen LogP contribution >= 0.6 is 11.8 Å². The van der Waals surface area contributed by atoms with Crippen molar-refractivity contribution in [3.8, 4) is 11.3 Å². The molecule has 0 bridgehead atoms. The molecule has 126 valence electrons. The molecule has 0 saturated carbocycles. The number of amides is 1. The number of imidazole rings is 1. The second kappa shape index (κ2) is 8.72. The quantitative estimate of drug-likeness (QED) is 0.813. The lowest BCUT2D eigenvalue weighted by molar-refractivity contribution is -0.122. The van der Waals surface area contributed by atoms with Gasteiger partial charge in [0.05, 0.1) is 11.9 Å². The first-order valence-corrected chi connectivity index (χ1v) is 8.74. The topological polar surface area (TPSA) is 51.0 Å². The van der Waals surface area contributed by atoms with Gasteiger partial charge in [0, 0.05) is 36.2 Å². The average Bonchev–Trinajstić information content (AvgIpc) is 2.91. The van der Waals surface area contributed by atoms with Crippen molar-refractivity contribution in [3.05, 3.63) is 36.5 Å². The predicted octanol–water partition coefficient (Wildman–Crippen LogP) is 3.37. The fourth-order valence-corrected chi connectivity index (χ4v) is 2.99. The number of thioether (sulfide) groups is 1. The number of carbonyl (C=O) groups excluding carboxylic acids is 1. The summed E-state index contributed by atoms with van der Waals surface area (Å²) in [5.41, 5.74) is 1.78. The molecule has 2 rings (SSSR count). The Bertz CT molecular complexity index is 627. The van der Waals surface area contributed by atoms with Gasteiger partial charge in [-0.3, -0.25) is 9.78 Å². The second-order valence-electron chi connectivity index (χ2n) is 5.17. The van der Waals surface area contributed by atoms with E-state index in [-0.39, 0.29) is 19.3 Å². The largest absolute Gasteiger partial charge is 0.273 e. The predicted molar refractivity (Wildman–Crippen MR) is 98.2 cm³/mol. The minimum atomic E-state index is -0.0152. The number of hydrogen-bond donors (Lipinski definition) is 0. The van der Waals surface area contributed by atoms with Crippen LogP contribution in [0.1, 0.15) is 27.1 Å². The lowest BCUT2D eigenvalue weighted by atomic mass is 10.2. The Hall–Kier alpha value is -1.82. The van der Waals surface area contributed by atoms with Gasteiger partial charge in [0.15, 0.2) is 0 Å². The van der Waals surface area contributed by atoms with E-state index in [0.717, 1.165) is 22.8 Å². The van der Waals surface area contributed by atoms with Gasteiger partial charge in [-0.2, -0.15) is 11.8 Å². The van der Waals surface area contributed by atoms with Gasteiger partial charge in [-0.25, -0.2) is 14.7 Å². The van der Waals surface area contributed by atoms with E-state index in [0.29, 0.717) is 6.54 Å². The Morgan fingerprint density at radius 2 is 2.22 bits per heavy atom. The molecule has 1 amide bonds. The van der Waals surface area contributed by atoms with Gasteiger partial charge in [-0.1, -0.05) is 14.4 Å². The summed E-state index contributed by atoms with van der Waals surface area (Å²) < 4.78 is 1.85. The van der Waals surface area contributed by atoms with Gasteiger partial charge in [0.2, 0.25) is 5.91 Å². The Labute approximate surface area is 143 Å². The molecular formula is C17H26N4OS. The van der Waals surface area contributed by atoms with Gasteiger partial charge in [0.1, 0.15) is 5.82 Å². The summed E-state index contributed by atoms with van der Waals surface area (Å²) in [4.78, 5) is 21.3. The summed E-state index contributed by atoms with van der Waals surface area (Å²) in [6.07, 6.45) is 7.43. The van der Waals surface area contributed by atoms with Crippen LogP contribution in [-0.4, -0.2) is 39.1 Å². The van der Waals surface area contributed by atoms with Crippen LogP contribution in [0.15, 0.2) is 30.7 Å². The molecule has 0 saturated heterocycles.